The Morgan fingerprint density at radius 1 is 1.64 bits per heavy atom. The summed E-state index contributed by atoms with van der Waals surface area (Å²) in [7, 11) is -2.94. The summed E-state index contributed by atoms with van der Waals surface area (Å²) in [5.41, 5.74) is 5.36. The van der Waals surface area contributed by atoms with Crippen LogP contribution in [-0.4, -0.2) is 39.6 Å². The van der Waals surface area contributed by atoms with Gasteiger partial charge in [0, 0.05) is 31.8 Å². The van der Waals surface area contributed by atoms with Crippen LogP contribution in [0.3, 0.4) is 0 Å². The molecular weight excluding hydrogens is 164 g/mol. The Bertz CT molecular complexity index is 221. The van der Waals surface area contributed by atoms with Crippen molar-refractivity contribution in [2.45, 2.75) is 5.25 Å². The van der Waals surface area contributed by atoms with E-state index in [2.05, 4.69) is 5.32 Å². The lowest BCUT2D eigenvalue weighted by atomic mass is 9.99. The number of rotatable bonds is 3. The Kier molecular flexibility index (Phi) is 2.51. The van der Waals surface area contributed by atoms with Crippen molar-refractivity contribution in [2.24, 2.45) is 11.7 Å². The second-order valence-corrected chi connectivity index (χ2v) is 5.29. The molecule has 0 aliphatic carbocycles. The van der Waals surface area contributed by atoms with E-state index in [1.807, 2.05) is 0 Å². The highest BCUT2D eigenvalue weighted by atomic mass is 32.2. The van der Waals surface area contributed by atoms with Gasteiger partial charge in [-0.05, 0) is 0 Å². The van der Waals surface area contributed by atoms with Crippen LogP contribution in [0.15, 0.2) is 0 Å². The van der Waals surface area contributed by atoms with Gasteiger partial charge in [0.2, 0.25) is 0 Å². The highest BCUT2D eigenvalue weighted by Gasteiger charge is 2.32. The quantitative estimate of drug-likeness (QED) is 0.556. The fourth-order valence-corrected chi connectivity index (χ4v) is 2.53. The van der Waals surface area contributed by atoms with Crippen LogP contribution in [0, 0.1) is 5.92 Å². The average molecular weight is 178 g/mol. The molecule has 1 aliphatic heterocycles. The van der Waals surface area contributed by atoms with Gasteiger partial charge in [-0.1, -0.05) is 0 Å². The van der Waals surface area contributed by atoms with Crippen molar-refractivity contribution < 1.29 is 8.42 Å². The van der Waals surface area contributed by atoms with Crippen LogP contribution in [0.4, 0.5) is 0 Å². The Morgan fingerprint density at radius 3 is 2.27 bits per heavy atom. The first-order valence-electron chi connectivity index (χ1n) is 3.65. The summed E-state index contributed by atoms with van der Waals surface area (Å²) in [6.07, 6.45) is 1.25. The number of sulfone groups is 1. The first-order chi connectivity index (χ1) is 5.05. The zero-order valence-electron chi connectivity index (χ0n) is 6.58. The Balaban J connectivity index is 2.63. The van der Waals surface area contributed by atoms with Gasteiger partial charge in [0.1, 0.15) is 0 Å². The molecule has 1 aliphatic rings. The zero-order chi connectivity index (χ0) is 8.48. The van der Waals surface area contributed by atoms with Gasteiger partial charge < -0.3 is 11.1 Å². The molecule has 1 saturated heterocycles. The van der Waals surface area contributed by atoms with Crippen LogP contribution in [-0.2, 0) is 9.84 Å². The first-order valence-corrected chi connectivity index (χ1v) is 5.61. The first kappa shape index (κ1) is 8.96. The normalized spacial score (nSPS) is 22.7. The summed E-state index contributed by atoms with van der Waals surface area (Å²) in [4.78, 5) is 0. The van der Waals surface area contributed by atoms with E-state index < -0.39 is 9.84 Å². The van der Waals surface area contributed by atoms with Crippen molar-refractivity contribution in [1.29, 1.82) is 0 Å². The number of nitrogens with one attached hydrogen (secondary N) is 1. The van der Waals surface area contributed by atoms with Gasteiger partial charge in [-0.3, -0.25) is 0 Å². The van der Waals surface area contributed by atoms with E-state index in [0.29, 0.717) is 0 Å². The Labute approximate surface area is 67.1 Å². The number of hydrogen-bond acceptors (Lipinski definition) is 4. The molecule has 0 radical (unpaired) electrons. The smallest absolute Gasteiger partial charge is 0.151 e. The van der Waals surface area contributed by atoms with Gasteiger partial charge in [-0.15, -0.1) is 0 Å². The molecule has 0 unspecified atom stereocenters. The average Bonchev–Trinajstić information content (AvgIpc) is 1.74. The van der Waals surface area contributed by atoms with Crippen LogP contribution in [0.5, 0.6) is 0 Å². The summed E-state index contributed by atoms with van der Waals surface area (Å²) in [6, 6.07) is 0. The summed E-state index contributed by atoms with van der Waals surface area (Å²) in [5.74, 6) is 0.231. The predicted molar refractivity (Wildman–Crippen MR) is 44.0 cm³/mol. The van der Waals surface area contributed by atoms with Crippen molar-refractivity contribution in [3.8, 4) is 0 Å². The van der Waals surface area contributed by atoms with Gasteiger partial charge in [-0.2, -0.15) is 0 Å². The second-order valence-electron chi connectivity index (χ2n) is 3.02. The third-order valence-electron chi connectivity index (χ3n) is 2.12. The van der Waals surface area contributed by atoms with E-state index in [0.717, 1.165) is 13.1 Å². The minimum atomic E-state index is -2.94. The lowest BCUT2D eigenvalue weighted by molar-refractivity contribution is 0.332. The second kappa shape index (κ2) is 3.08. The highest BCUT2D eigenvalue weighted by molar-refractivity contribution is 7.91. The Morgan fingerprint density at radius 2 is 2.18 bits per heavy atom. The molecule has 0 amide bonds. The third kappa shape index (κ3) is 1.91. The van der Waals surface area contributed by atoms with Crippen molar-refractivity contribution in [3.63, 3.8) is 0 Å². The molecule has 0 aromatic heterocycles. The molecule has 1 rings (SSSR count). The van der Waals surface area contributed by atoms with E-state index in [-0.39, 0.29) is 17.7 Å². The summed E-state index contributed by atoms with van der Waals surface area (Å²) in [6.45, 7) is 1.81. The minimum Gasteiger partial charge on any atom is -0.329 e. The lowest BCUT2D eigenvalue weighted by Crippen LogP contribution is -2.53. The molecule has 0 saturated carbocycles. The van der Waals surface area contributed by atoms with Gasteiger partial charge in [0.05, 0.1) is 5.25 Å². The molecule has 1 atom stereocenters. The molecule has 5 heteroatoms. The van der Waals surface area contributed by atoms with Crippen molar-refractivity contribution >= 4 is 9.84 Å². The van der Waals surface area contributed by atoms with E-state index >= 15 is 0 Å². The van der Waals surface area contributed by atoms with E-state index in [1.165, 1.54) is 6.26 Å². The topological polar surface area (TPSA) is 72.2 Å². The van der Waals surface area contributed by atoms with Crippen molar-refractivity contribution in [3.05, 3.63) is 0 Å². The molecule has 0 aromatic carbocycles. The third-order valence-corrected chi connectivity index (χ3v) is 3.80. The molecule has 0 aromatic rings. The van der Waals surface area contributed by atoms with Crippen molar-refractivity contribution in [1.82, 2.24) is 5.32 Å². The maximum absolute atomic E-state index is 11.1. The molecule has 1 heterocycles. The van der Waals surface area contributed by atoms with E-state index in [1.54, 1.807) is 0 Å². The number of nitrogens with two attached hydrogens (primary N) is 1. The van der Waals surface area contributed by atoms with Crippen LogP contribution < -0.4 is 11.1 Å². The molecule has 3 N–H and O–H groups in total. The SMILES string of the molecule is CS(=O)(=O)[C@H](CN)C1CNC1. The molecule has 66 valence electrons. The Hall–Kier alpha value is -0.130. The largest absolute Gasteiger partial charge is 0.329 e. The van der Waals surface area contributed by atoms with Crippen LogP contribution in [0.2, 0.25) is 0 Å². The maximum Gasteiger partial charge on any atom is 0.151 e. The highest BCUT2D eigenvalue weighted by Crippen LogP contribution is 2.14. The molecule has 11 heavy (non-hydrogen) atoms. The van der Waals surface area contributed by atoms with Gasteiger partial charge in [0.25, 0.3) is 0 Å². The van der Waals surface area contributed by atoms with Gasteiger partial charge in [-0.25, -0.2) is 8.42 Å². The standard InChI is InChI=1S/C6H14N2O2S/c1-11(9,10)6(2-7)5-3-8-4-5/h5-6,8H,2-4,7H2,1H3/t6-/m1/s1. The molecular formula is C6H14N2O2S. The van der Waals surface area contributed by atoms with Crippen LogP contribution in [0.25, 0.3) is 0 Å². The summed E-state index contributed by atoms with van der Waals surface area (Å²) >= 11 is 0. The monoisotopic (exact) mass is 178 g/mol. The van der Waals surface area contributed by atoms with Gasteiger partial charge in [0.15, 0.2) is 9.84 Å². The fourth-order valence-electron chi connectivity index (χ4n) is 1.29. The molecule has 4 nitrogen and oxygen atoms in total. The van der Waals surface area contributed by atoms with Gasteiger partial charge >= 0.3 is 0 Å². The lowest BCUT2D eigenvalue weighted by Gasteiger charge is -2.32. The van der Waals surface area contributed by atoms with Crippen LogP contribution >= 0.6 is 0 Å². The fraction of sp³-hybridized carbons (Fsp3) is 1.00. The van der Waals surface area contributed by atoms with Crippen LogP contribution in [0.1, 0.15) is 0 Å². The zero-order valence-corrected chi connectivity index (χ0v) is 7.39. The molecule has 0 spiro atoms. The molecule has 1 fully saturated rings. The van der Waals surface area contributed by atoms with E-state index in [9.17, 15) is 8.42 Å². The minimum absolute atomic E-state index is 0.231. The maximum atomic E-state index is 11.1. The predicted octanol–water partition coefficient (Wildman–Crippen LogP) is -1.42. The van der Waals surface area contributed by atoms with E-state index in [4.69, 9.17) is 5.73 Å². The van der Waals surface area contributed by atoms with Crippen molar-refractivity contribution in [2.75, 3.05) is 25.9 Å². The summed E-state index contributed by atoms with van der Waals surface area (Å²) in [5, 5.41) is 2.68. The summed E-state index contributed by atoms with van der Waals surface area (Å²) < 4.78 is 22.2. The molecule has 0 bridgehead atoms. The number of hydrogen-bond donors (Lipinski definition) is 2.